The van der Waals surface area contributed by atoms with Crippen LogP contribution in [0.2, 0.25) is 0 Å². The summed E-state index contributed by atoms with van der Waals surface area (Å²) in [5.41, 5.74) is 6.43. The standard InChI is InChI=1S/C10H12N2O.C2H6/c1-12-6-5-7-3-2-4-8(11)9(7)10(12)13;1-2/h2-7,9H,11H2,1H3;1-2H3. The summed E-state index contributed by atoms with van der Waals surface area (Å²) in [5, 5.41) is 0. The lowest BCUT2D eigenvalue weighted by Crippen LogP contribution is -2.39. The summed E-state index contributed by atoms with van der Waals surface area (Å²) in [6, 6.07) is 0. The molecule has 1 amide bonds. The van der Waals surface area contributed by atoms with Gasteiger partial charge in [0, 0.05) is 24.9 Å². The van der Waals surface area contributed by atoms with E-state index in [1.807, 2.05) is 32.1 Å². The Hall–Kier alpha value is -1.51. The molecule has 2 N–H and O–H groups in total. The van der Waals surface area contributed by atoms with E-state index in [1.165, 1.54) is 0 Å². The Bertz CT molecular complexity index is 329. The molecule has 0 fully saturated rings. The summed E-state index contributed by atoms with van der Waals surface area (Å²) in [6.45, 7) is 4.00. The fraction of sp³-hybridized carbons (Fsp3) is 0.417. The Morgan fingerprint density at radius 3 is 2.67 bits per heavy atom. The van der Waals surface area contributed by atoms with Gasteiger partial charge >= 0.3 is 0 Å². The molecule has 0 spiro atoms. The Morgan fingerprint density at radius 2 is 2.00 bits per heavy atom. The Labute approximate surface area is 90.9 Å². The maximum atomic E-state index is 11.7. The average Bonchev–Trinajstić information content (AvgIpc) is 2.26. The summed E-state index contributed by atoms with van der Waals surface area (Å²) in [4.78, 5) is 13.3. The number of fused-ring (bicyclic) bond motifs is 1. The number of nitrogens with zero attached hydrogens (tertiary/aromatic N) is 1. The summed E-state index contributed by atoms with van der Waals surface area (Å²) in [7, 11) is 1.75. The molecule has 0 aromatic heterocycles. The zero-order valence-electron chi connectivity index (χ0n) is 9.47. The van der Waals surface area contributed by atoms with Crippen LogP contribution in [0.15, 0.2) is 36.2 Å². The smallest absolute Gasteiger partial charge is 0.236 e. The van der Waals surface area contributed by atoms with Crippen molar-refractivity contribution in [1.82, 2.24) is 4.90 Å². The van der Waals surface area contributed by atoms with Gasteiger partial charge in [-0.05, 0) is 6.08 Å². The zero-order valence-corrected chi connectivity index (χ0v) is 9.47. The summed E-state index contributed by atoms with van der Waals surface area (Å²) in [6.07, 6.45) is 9.50. The molecule has 2 aliphatic rings. The van der Waals surface area contributed by atoms with Crippen molar-refractivity contribution in [2.75, 3.05) is 7.05 Å². The normalized spacial score (nSPS) is 27.8. The first-order valence-corrected chi connectivity index (χ1v) is 5.29. The van der Waals surface area contributed by atoms with Crippen LogP contribution in [0.3, 0.4) is 0 Å². The number of hydrogen-bond donors (Lipinski definition) is 1. The van der Waals surface area contributed by atoms with E-state index in [1.54, 1.807) is 24.2 Å². The minimum atomic E-state index is -0.181. The van der Waals surface area contributed by atoms with Crippen LogP contribution in [0.1, 0.15) is 13.8 Å². The number of hydrogen-bond acceptors (Lipinski definition) is 2. The van der Waals surface area contributed by atoms with Gasteiger partial charge in [-0.2, -0.15) is 0 Å². The molecule has 2 atom stereocenters. The Kier molecular flexibility index (Phi) is 3.72. The molecule has 2 unspecified atom stereocenters. The molecule has 0 bridgehead atoms. The minimum Gasteiger partial charge on any atom is -0.401 e. The fourth-order valence-electron chi connectivity index (χ4n) is 1.74. The predicted molar refractivity (Wildman–Crippen MR) is 61.6 cm³/mol. The fourth-order valence-corrected chi connectivity index (χ4v) is 1.74. The van der Waals surface area contributed by atoms with E-state index in [-0.39, 0.29) is 17.7 Å². The van der Waals surface area contributed by atoms with E-state index in [2.05, 4.69) is 0 Å². The van der Waals surface area contributed by atoms with Crippen molar-refractivity contribution in [3.8, 4) is 0 Å². The van der Waals surface area contributed by atoms with Gasteiger partial charge in [0.15, 0.2) is 0 Å². The molecule has 1 aliphatic heterocycles. The van der Waals surface area contributed by atoms with E-state index in [0.29, 0.717) is 5.70 Å². The van der Waals surface area contributed by atoms with Gasteiger partial charge in [-0.25, -0.2) is 0 Å². The van der Waals surface area contributed by atoms with Gasteiger partial charge in [-0.1, -0.05) is 32.1 Å². The van der Waals surface area contributed by atoms with E-state index in [0.717, 1.165) is 0 Å². The number of amides is 1. The maximum Gasteiger partial charge on any atom is 0.236 e. The topological polar surface area (TPSA) is 46.3 Å². The van der Waals surface area contributed by atoms with Crippen LogP contribution in [0.25, 0.3) is 0 Å². The van der Waals surface area contributed by atoms with Gasteiger partial charge in [0.05, 0.1) is 5.92 Å². The second-order valence-corrected chi connectivity index (χ2v) is 3.40. The van der Waals surface area contributed by atoms with Gasteiger partial charge in [-0.15, -0.1) is 0 Å². The van der Waals surface area contributed by atoms with Gasteiger partial charge in [0.25, 0.3) is 0 Å². The second kappa shape index (κ2) is 4.82. The van der Waals surface area contributed by atoms with Crippen LogP contribution in [-0.2, 0) is 4.79 Å². The molecule has 3 nitrogen and oxygen atoms in total. The second-order valence-electron chi connectivity index (χ2n) is 3.40. The van der Waals surface area contributed by atoms with Crippen LogP contribution in [0.5, 0.6) is 0 Å². The zero-order chi connectivity index (χ0) is 11.4. The molecular formula is C12H18N2O. The number of rotatable bonds is 0. The number of carbonyl (C=O) groups is 1. The van der Waals surface area contributed by atoms with Gasteiger partial charge < -0.3 is 10.6 Å². The summed E-state index contributed by atoms with van der Waals surface area (Å²) in [5.74, 6) is 0.0410. The predicted octanol–water partition coefficient (Wildman–Crippen LogP) is 1.64. The van der Waals surface area contributed by atoms with Crippen molar-refractivity contribution in [3.63, 3.8) is 0 Å². The molecule has 82 valence electrons. The van der Waals surface area contributed by atoms with E-state index in [9.17, 15) is 4.79 Å². The molecule has 0 radical (unpaired) electrons. The van der Waals surface area contributed by atoms with E-state index in [4.69, 9.17) is 5.73 Å². The molecule has 0 aromatic carbocycles. The van der Waals surface area contributed by atoms with Crippen LogP contribution >= 0.6 is 0 Å². The highest BCUT2D eigenvalue weighted by Crippen LogP contribution is 2.29. The lowest BCUT2D eigenvalue weighted by atomic mass is 9.83. The molecule has 3 heteroatoms. The first-order valence-electron chi connectivity index (χ1n) is 5.29. The van der Waals surface area contributed by atoms with E-state index < -0.39 is 0 Å². The largest absolute Gasteiger partial charge is 0.401 e. The molecular weight excluding hydrogens is 188 g/mol. The SMILES string of the molecule is CC.CN1C=CC2C=CC=C(N)C2C1=O. The van der Waals surface area contributed by atoms with Gasteiger partial charge in [0.1, 0.15) is 0 Å². The summed E-state index contributed by atoms with van der Waals surface area (Å²) < 4.78 is 0. The highest BCUT2D eigenvalue weighted by atomic mass is 16.2. The van der Waals surface area contributed by atoms with Crippen LogP contribution in [-0.4, -0.2) is 17.9 Å². The monoisotopic (exact) mass is 206 g/mol. The van der Waals surface area contributed by atoms with Crippen LogP contribution < -0.4 is 5.73 Å². The molecule has 0 saturated carbocycles. The molecule has 2 rings (SSSR count). The minimum absolute atomic E-state index is 0.0746. The van der Waals surface area contributed by atoms with Gasteiger partial charge in [-0.3, -0.25) is 4.79 Å². The third kappa shape index (κ3) is 2.12. The third-order valence-electron chi connectivity index (χ3n) is 2.51. The van der Waals surface area contributed by atoms with Crippen molar-refractivity contribution >= 4 is 5.91 Å². The van der Waals surface area contributed by atoms with E-state index >= 15 is 0 Å². The quantitative estimate of drug-likeness (QED) is 0.655. The third-order valence-corrected chi connectivity index (χ3v) is 2.51. The van der Waals surface area contributed by atoms with Crippen LogP contribution in [0, 0.1) is 11.8 Å². The molecule has 15 heavy (non-hydrogen) atoms. The summed E-state index contributed by atoms with van der Waals surface area (Å²) >= 11 is 0. The Balaban J connectivity index is 0.000000531. The van der Waals surface area contributed by atoms with Crippen molar-refractivity contribution in [3.05, 3.63) is 36.2 Å². The molecule has 1 aliphatic carbocycles. The van der Waals surface area contributed by atoms with Crippen molar-refractivity contribution in [2.45, 2.75) is 13.8 Å². The maximum absolute atomic E-state index is 11.7. The molecule has 0 saturated heterocycles. The lowest BCUT2D eigenvalue weighted by Gasteiger charge is -2.31. The first-order chi connectivity index (χ1) is 7.20. The first kappa shape index (κ1) is 11.6. The number of carbonyl (C=O) groups excluding carboxylic acids is 1. The number of nitrogens with two attached hydrogens (primary N) is 1. The lowest BCUT2D eigenvalue weighted by molar-refractivity contribution is -0.132. The highest BCUT2D eigenvalue weighted by Gasteiger charge is 2.33. The number of allylic oxidation sites excluding steroid dienone is 4. The molecule has 1 heterocycles. The Morgan fingerprint density at radius 1 is 1.33 bits per heavy atom. The van der Waals surface area contributed by atoms with Crippen molar-refractivity contribution in [2.24, 2.45) is 17.6 Å². The van der Waals surface area contributed by atoms with Crippen molar-refractivity contribution < 1.29 is 4.79 Å². The highest BCUT2D eigenvalue weighted by molar-refractivity contribution is 5.84. The molecule has 0 aromatic rings. The van der Waals surface area contributed by atoms with Crippen molar-refractivity contribution in [1.29, 1.82) is 0 Å². The van der Waals surface area contributed by atoms with Crippen LogP contribution in [0.4, 0.5) is 0 Å². The average molecular weight is 206 g/mol. The van der Waals surface area contributed by atoms with Gasteiger partial charge in [0.2, 0.25) is 5.91 Å².